The van der Waals surface area contributed by atoms with Crippen LogP contribution in [0.4, 0.5) is 11.4 Å². The van der Waals surface area contributed by atoms with Crippen LogP contribution in [0.1, 0.15) is 25.2 Å². The first kappa shape index (κ1) is 19.2. The van der Waals surface area contributed by atoms with Crippen LogP contribution in [-0.2, 0) is 0 Å². The van der Waals surface area contributed by atoms with E-state index in [1.54, 1.807) is 0 Å². The maximum Gasteiger partial charge on any atom is 0.0706 e. The standard InChI is InChI=1S/C25H28N4/c1-17-23(13-19-9-5-7-11-21(19)28-17)26-15-25(3,4)16-27-24-14-20-10-6-8-12-22(20)29-18(24)2/h5-14,26-27H,15-16H2,1-4H3. The molecule has 2 heterocycles. The first-order chi connectivity index (χ1) is 13.9. The van der Waals surface area contributed by atoms with Gasteiger partial charge in [-0.05, 0) is 43.5 Å². The Balaban J connectivity index is 1.44. The molecule has 0 atom stereocenters. The van der Waals surface area contributed by atoms with Gasteiger partial charge in [-0.25, -0.2) is 0 Å². The Morgan fingerprint density at radius 3 is 1.55 bits per heavy atom. The largest absolute Gasteiger partial charge is 0.383 e. The van der Waals surface area contributed by atoms with Crippen molar-refractivity contribution in [1.82, 2.24) is 9.97 Å². The molecule has 29 heavy (non-hydrogen) atoms. The molecule has 0 aliphatic carbocycles. The van der Waals surface area contributed by atoms with E-state index in [0.717, 1.165) is 57.7 Å². The number of hydrogen-bond acceptors (Lipinski definition) is 4. The fourth-order valence-electron chi connectivity index (χ4n) is 3.51. The van der Waals surface area contributed by atoms with E-state index in [2.05, 4.69) is 86.9 Å². The molecule has 2 N–H and O–H groups in total. The van der Waals surface area contributed by atoms with Crippen LogP contribution in [0.2, 0.25) is 0 Å². The maximum atomic E-state index is 4.72. The van der Waals surface area contributed by atoms with Crippen molar-refractivity contribution in [2.24, 2.45) is 5.41 Å². The van der Waals surface area contributed by atoms with Gasteiger partial charge < -0.3 is 10.6 Å². The number of fused-ring (bicyclic) bond motifs is 2. The number of hydrogen-bond donors (Lipinski definition) is 2. The smallest absolute Gasteiger partial charge is 0.0706 e. The lowest BCUT2D eigenvalue weighted by Crippen LogP contribution is -2.31. The molecule has 2 aromatic carbocycles. The zero-order valence-electron chi connectivity index (χ0n) is 17.6. The highest BCUT2D eigenvalue weighted by atomic mass is 15.0. The average molecular weight is 385 g/mol. The van der Waals surface area contributed by atoms with Gasteiger partial charge in [0.1, 0.15) is 0 Å². The van der Waals surface area contributed by atoms with Crippen molar-refractivity contribution in [3.63, 3.8) is 0 Å². The van der Waals surface area contributed by atoms with E-state index in [1.807, 2.05) is 12.1 Å². The molecule has 0 aliphatic rings. The van der Waals surface area contributed by atoms with Crippen LogP contribution < -0.4 is 10.6 Å². The van der Waals surface area contributed by atoms with E-state index in [-0.39, 0.29) is 5.41 Å². The lowest BCUT2D eigenvalue weighted by Gasteiger charge is -2.27. The van der Waals surface area contributed by atoms with Crippen molar-refractivity contribution in [1.29, 1.82) is 0 Å². The highest BCUT2D eigenvalue weighted by Gasteiger charge is 2.19. The van der Waals surface area contributed by atoms with Crippen LogP contribution >= 0.6 is 0 Å². The molecule has 0 unspecified atom stereocenters. The van der Waals surface area contributed by atoms with E-state index in [0.29, 0.717) is 0 Å². The number of anilines is 2. The third kappa shape index (κ3) is 4.32. The first-order valence-electron chi connectivity index (χ1n) is 10.1. The SMILES string of the molecule is Cc1nc2ccccc2cc1NCC(C)(C)CNc1cc2ccccc2nc1C. The summed E-state index contributed by atoms with van der Waals surface area (Å²) in [6, 6.07) is 20.9. The summed E-state index contributed by atoms with van der Waals surface area (Å²) in [4.78, 5) is 9.45. The van der Waals surface area contributed by atoms with Crippen molar-refractivity contribution < 1.29 is 0 Å². The van der Waals surface area contributed by atoms with Crippen molar-refractivity contribution in [3.05, 3.63) is 72.1 Å². The fraction of sp³-hybridized carbons (Fsp3) is 0.280. The third-order valence-corrected chi connectivity index (χ3v) is 5.34. The maximum absolute atomic E-state index is 4.72. The highest BCUT2D eigenvalue weighted by Crippen LogP contribution is 2.25. The Kier molecular flexibility index (Phi) is 5.10. The Labute approximate surface area is 172 Å². The van der Waals surface area contributed by atoms with Gasteiger partial charge in [0, 0.05) is 23.9 Å². The van der Waals surface area contributed by atoms with Crippen molar-refractivity contribution in [2.45, 2.75) is 27.7 Å². The second-order valence-corrected chi connectivity index (χ2v) is 8.50. The number of benzene rings is 2. The third-order valence-electron chi connectivity index (χ3n) is 5.34. The summed E-state index contributed by atoms with van der Waals surface area (Å²) >= 11 is 0. The van der Waals surface area contributed by atoms with E-state index < -0.39 is 0 Å². The predicted molar refractivity (Wildman–Crippen MR) is 124 cm³/mol. The number of aromatic nitrogens is 2. The molecule has 0 saturated heterocycles. The van der Waals surface area contributed by atoms with Gasteiger partial charge >= 0.3 is 0 Å². The molecule has 0 bridgehead atoms. The van der Waals surface area contributed by atoms with E-state index in [1.165, 1.54) is 0 Å². The number of para-hydroxylation sites is 2. The zero-order valence-corrected chi connectivity index (χ0v) is 17.6. The average Bonchev–Trinajstić information content (AvgIpc) is 2.71. The molecule has 0 saturated carbocycles. The minimum atomic E-state index is 0.0518. The fourth-order valence-corrected chi connectivity index (χ4v) is 3.51. The first-order valence-corrected chi connectivity index (χ1v) is 10.1. The molecular weight excluding hydrogens is 356 g/mol. The minimum absolute atomic E-state index is 0.0518. The molecule has 4 aromatic rings. The molecule has 2 aromatic heterocycles. The predicted octanol–water partition coefficient (Wildman–Crippen LogP) is 5.95. The second-order valence-electron chi connectivity index (χ2n) is 8.50. The Hall–Kier alpha value is -3.14. The Bertz CT molecular complexity index is 1070. The summed E-state index contributed by atoms with van der Waals surface area (Å²) in [5, 5.41) is 9.54. The molecule has 0 amide bonds. The monoisotopic (exact) mass is 384 g/mol. The molecule has 0 fully saturated rings. The Morgan fingerprint density at radius 2 is 1.10 bits per heavy atom. The number of nitrogens with zero attached hydrogens (tertiary/aromatic N) is 2. The molecule has 4 heteroatoms. The van der Waals surface area contributed by atoms with Crippen LogP contribution in [0.5, 0.6) is 0 Å². The van der Waals surface area contributed by atoms with Gasteiger partial charge in [0.15, 0.2) is 0 Å². The van der Waals surface area contributed by atoms with Gasteiger partial charge in [-0.3, -0.25) is 9.97 Å². The number of rotatable bonds is 6. The van der Waals surface area contributed by atoms with Crippen LogP contribution in [0.25, 0.3) is 21.8 Å². The molecule has 0 aliphatic heterocycles. The van der Waals surface area contributed by atoms with E-state index in [4.69, 9.17) is 9.97 Å². The zero-order chi connectivity index (χ0) is 20.4. The topological polar surface area (TPSA) is 49.8 Å². The van der Waals surface area contributed by atoms with Crippen LogP contribution in [0, 0.1) is 19.3 Å². The summed E-state index contributed by atoms with van der Waals surface area (Å²) in [6.45, 7) is 10.3. The lowest BCUT2D eigenvalue weighted by atomic mass is 9.93. The number of nitrogens with one attached hydrogen (secondary N) is 2. The highest BCUT2D eigenvalue weighted by molar-refractivity contribution is 5.83. The second kappa shape index (κ2) is 7.70. The molecular formula is C25H28N4. The summed E-state index contributed by atoms with van der Waals surface area (Å²) in [5.41, 5.74) is 6.38. The summed E-state index contributed by atoms with van der Waals surface area (Å²) < 4.78 is 0. The van der Waals surface area contributed by atoms with Crippen LogP contribution in [-0.4, -0.2) is 23.1 Å². The van der Waals surface area contributed by atoms with Gasteiger partial charge in [-0.15, -0.1) is 0 Å². The van der Waals surface area contributed by atoms with Crippen molar-refractivity contribution in [2.75, 3.05) is 23.7 Å². The van der Waals surface area contributed by atoms with Crippen molar-refractivity contribution in [3.8, 4) is 0 Å². The van der Waals surface area contributed by atoms with Gasteiger partial charge in [-0.1, -0.05) is 50.2 Å². The lowest BCUT2D eigenvalue weighted by molar-refractivity contribution is 0.419. The molecule has 0 spiro atoms. The van der Waals surface area contributed by atoms with E-state index >= 15 is 0 Å². The molecule has 148 valence electrons. The number of pyridine rings is 2. The summed E-state index contributed by atoms with van der Waals surface area (Å²) in [5.74, 6) is 0. The minimum Gasteiger partial charge on any atom is -0.383 e. The van der Waals surface area contributed by atoms with Gasteiger partial charge in [0.2, 0.25) is 0 Å². The molecule has 4 nitrogen and oxygen atoms in total. The van der Waals surface area contributed by atoms with Crippen molar-refractivity contribution >= 4 is 33.2 Å². The molecule has 0 radical (unpaired) electrons. The molecule has 4 rings (SSSR count). The van der Waals surface area contributed by atoms with Gasteiger partial charge in [0.05, 0.1) is 33.8 Å². The van der Waals surface area contributed by atoms with Crippen LogP contribution in [0.3, 0.4) is 0 Å². The Morgan fingerprint density at radius 1 is 0.690 bits per heavy atom. The normalized spacial score (nSPS) is 11.7. The quantitative estimate of drug-likeness (QED) is 0.431. The van der Waals surface area contributed by atoms with E-state index in [9.17, 15) is 0 Å². The summed E-state index contributed by atoms with van der Waals surface area (Å²) in [6.07, 6.45) is 0. The van der Waals surface area contributed by atoms with Crippen LogP contribution in [0.15, 0.2) is 60.7 Å². The summed E-state index contributed by atoms with van der Waals surface area (Å²) in [7, 11) is 0. The van der Waals surface area contributed by atoms with Gasteiger partial charge in [-0.2, -0.15) is 0 Å². The van der Waals surface area contributed by atoms with Gasteiger partial charge in [0.25, 0.3) is 0 Å². The number of aryl methyl sites for hydroxylation is 2.